The van der Waals surface area contributed by atoms with Crippen molar-refractivity contribution in [2.24, 2.45) is 5.92 Å². The Morgan fingerprint density at radius 3 is 2.84 bits per heavy atom. The summed E-state index contributed by atoms with van der Waals surface area (Å²) >= 11 is 0. The number of hydrogen-bond donors (Lipinski definition) is 2. The molecule has 4 heteroatoms. The van der Waals surface area contributed by atoms with Gasteiger partial charge in [-0.1, -0.05) is 24.3 Å². The van der Waals surface area contributed by atoms with Gasteiger partial charge in [-0.3, -0.25) is 4.79 Å². The molecule has 2 N–H and O–H groups in total. The Kier molecular flexibility index (Phi) is 4.00. The van der Waals surface area contributed by atoms with Gasteiger partial charge in [0, 0.05) is 6.42 Å². The number of allylic oxidation sites excluding steroid dienone is 2. The largest absolute Gasteiger partial charge is 0.478 e. The molecule has 1 aromatic rings. The van der Waals surface area contributed by atoms with E-state index < -0.39 is 5.97 Å². The van der Waals surface area contributed by atoms with Crippen LogP contribution in [0, 0.1) is 12.8 Å². The number of hydrogen-bond acceptors (Lipinski definition) is 2. The maximum Gasteiger partial charge on any atom is 0.338 e. The van der Waals surface area contributed by atoms with Crippen molar-refractivity contribution in [3.8, 4) is 0 Å². The Balaban J connectivity index is 2.10. The van der Waals surface area contributed by atoms with Gasteiger partial charge in [-0.15, -0.1) is 0 Å². The molecule has 0 heterocycles. The number of aromatic carboxylic acids is 1. The van der Waals surface area contributed by atoms with Crippen molar-refractivity contribution >= 4 is 17.6 Å². The molecule has 0 radical (unpaired) electrons. The third-order valence-corrected chi connectivity index (χ3v) is 3.32. The van der Waals surface area contributed by atoms with E-state index in [-0.39, 0.29) is 17.4 Å². The van der Waals surface area contributed by atoms with E-state index in [1.165, 1.54) is 0 Å². The quantitative estimate of drug-likeness (QED) is 0.817. The second-order valence-electron chi connectivity index (χ2n) is 4.82. The fraction of sp³-hybridized carbons (Fsp3) is 0.333. The summed E-state index contributed by atoms with van der Waals surface area (Å²) in [6.07, 6.45) is 6.54. The van der Waals surface area contributed by atoms with Gasteiger partial charge in [0.15, 0.2) is 0 Å². The van der Waals surface area contributed by atoms with Crippen LogP contribution in [0.4, 0.5) is 5.69 Å². The van der Waals surface area contributed by atoms with Crippen LogP contribution in [0.15, 0.2) is 30.4 Å². The molecule has 1 aromatic carbocycles. The molecule has 19 heavy (non-hydrogen) atoms. The van der Waals surface area contributed by atoms with Crippen LogP contribution in [0.5, 0.6) is 0 Å². The molecule has 0 aliphatic heterocycles. The van der Waals surface area contributed by atoms with Gasteiger partial charge in [0.1, 0.15) is 0 Å². The number of carboxylic acids is 1. The average Bonchev–Trinajstić information content (AvgIpc) is 2.81. The van der Waals surface area contributed by atoms with Crippen molar-refractivity contribution in [1.29, 1.82) is 0 Å². The normalized spacial score (nSPS) is 17.4. The summed E-state index contributed by atoms with van der Waals surface area (Å²) in [6.45, 7) is 1.72. The number of aryl methyl sites for hydroxylation is 1. The van der Waals surface area contributed by atoms with Crippen LogP contribution in [0.1, 0.15) is 35.2 Å². The van der Waals surface area contributed by atoms with Crippen LogP contribution in [0.3, 0.4) is 0 Å². The molecule has 0 bridgehead atoms. The highest BCUT2D eigenvalue weighted by Crippen LogP contribution is 2.23. The first-order valence-corrected chi connectivity index (χ1v) is 6.37. The number of anilines is 1. The van der Waals surface area contributed by atoms with Gasteiger partial charge in [-0.2, -0.15) is 0 Å². The van der Waals surface area contributed by atoms with E-state index in [1.807, 2.05) is 6.08 Å². The summed E-state index contributed by atoms with van der Waals surface area (Å²) < 4.78 is 0. The fourth-order valence-corrected chi connectivity index (χ4v) is 2.36. The topological polar surface area (TPSA) is 66.4 Å². The smallest absolute Gasteiger partial charge is 0.338 e. The molecule has 1 aliphatic carbocycles. The standard InChI is InChI=1S/C15H17NO3/c1-10-5-4-8-12(14(10)15(18)19)16-13(17)9-11-6-2-3-7-11/h2,4-6,8,11H,3,7,9H2,1H3,(H,16,17)(H,18,19). The summed E-state index contributed by atoms with van der Waals surface area (Å²) in [5.74, 6) is -0.878. The minimum Gasteiger partial charge on any atom is -0.478 e. The lowest BCUT2D eigenvalue weighted by atomic mass is 10.0. The second-order valence-corrected chi connectivity index (χ2v) is 4.82. The van der Waals surface area contributed by atoms with E-state index in [1.54, 1.807) is 25.1 Å². The zero-order valence-corrected chi connectivity index (χ0v) is 10.8. The summed E-state index contributed by atoms with van der Waals surface area (Å²) in [5, 5.41) is 11.9. The summed E-state index contributed by atoms with van der Waals surface area (Å²) in [4.78, 5) is 23.1. The maximum atomic E-state index is 11.9. The molecule has 1 amide bonds. The number of amides is 1. The number of benzene rings is 1. The Hall–Kier alpha value is -2.10. The number of carbonyl (C=O) groups excluding carboxylic acids is 1. The van der Waals surface area contributed by atoms with E-state index in [9.17, 15) is 14.7 Å². The molecule has 2 rings (SSSR count). The van der Waals surface area contributed by atoms with Crippen molar-refractivity contribution < 1.29 is 14.7 Å². The maximum absolute atomic E-state index is 11.9. The van der Waals surface area contributed by atoms with E-state index in [2.05, 4.69) is 11.4 Å². The third-order valence-electron chi connectivity index (χ3n) is 3.32. The van der Waals surface area contributed by atoms with Gasteiger partial charge in [-0.25, -0.2) is 4.79 Å². The summed E-state index contributed by atoms with van der Waals surface area (Å²) in [6, 6.07) is 5.09. The number of nitrogens with one attached hydrogen (secondary N) is 1. The van der Waals surface area contributed by atoms with Crippen LogP contribution in [0.2, 0.25) is 0 Å². The first kappa shape index (κ1) is 13.3. The van der Waals surface area contributed by atoms with Gasteiger partial charge < -0.3 is 10.4 Å². The van der Waals surface area contributed by atoms with Crippen LogP contribution in [-0.2, 0) is 4.79 Å². The first-order chi connectivity index (χ1) is 9.08. The minimum absolute atomic E-state index is 0.135. The van der Waals surface area contributed by atoms with Crippen LogP contribution in [-0.4, -0.2) is 17.0 Å². The van der Waals surface area contributed by atoms with E-state index in [4.69, 9.17) is 0 Å². The third kappa shape index (κ3) is 3.22. The minimum atomic E-state index is -1.02. The lowest BCUT2D eigenvalue weighted by Crippen LogP contribution is -2.17. The Bertz CT molecular complexity index is 534. The highest BCUT2D eigenvalue weighted by Gasteiger charge is 2.17. The van der Waals surface area contributed by atoms with E-state index in [0.717, 1.165) is 12.8 Å². The van der Waals surface area contributed by atoms with E-state index in [0.29, 0.717) is 17.7 Å². The van der Waals surface area contributed by atoms with Crippen molar-refractivity contribution in [3.05, 3.63) is 41.5 Å². The van der Waals surface area contributed by atoms with Gasteiger partial charge in [0.2, 0.25) is 5.91 Å². The molecule has 1 unspecified atom stereocenters. The molecular weight excluding hydrogens is 242 g/mol. The van der Waals surface area contributed by atoms with Gasteiger partial charge in [-0.05, 0) is 37.3 Å². The summed E-state index contributed by atoms with van der Waals surface area (Å²) in [7, 11) is 0. The number of carboxylic acid groups (broad SMARTS) is 1. The van der Waals surface area contributed by atoms with Crippen LogP contribution < -0.4 is 5.32 Å². The molecule has 0 aromatic heterocycles. The number of carbonyl (C=O) groups is 2. The molecule has 100 valence electrons. The Labute approximate surface area is 112 Å². The average molecular weight is 259 g/mol. The first-order valence-electron chi connectivity index (χ1n) is 6.37. The molecule has 1 atom stereocenters. The van der Waals surface area contributed by atoms with Crippen LogP contribution in [0.25, 0.3) is 0 Å². The predicted molar refractivity (Wildman–Crippen MR) is 73.2 cm³/mol. The van der Waals surface area contributed by atoms with Gasteiger partial charge in [0.25, 0.3) is 0 Å². The highest BCUT2D eigenvalue weighted by molar-refractivity contribution is 6.01. The Morgan fingerprint density at radius 1 is 1.42 bits per heavy atom. The summed E-state index contributed by atoms with van der Waals surface area (Å²) in [5.41, 5.74) is 1.18. The SMILES string of the molecule is Cc1cccc(NC(=O)CC2C=CCC2)c1C(=O)O. The Morgan fingerprint density at radius 2 is 2.21 bits per heavy atom. The highest BCUT2D eigenvalue weighted by atomic mass is 16.4. The van der Waals surface area contributed by atoms with Crippen molar-refractivity contribution in [1.82, 2.24) is 0 Å². The zero-order valence-electron chi connectivity index (χ0n) is 10.8. The monoisotopic (exact) mass is 259 g/mol. The lowest BCUT2D eigenvalue weighted by Gasteiger charge is -2.12. The molecule has 0 saturated heterocycles. The van der Waals surface area contributed by atoms with Crippen molar-refractivity contribution in [2.45, 2.75) is 26.2 Å². The number of rotatable bonds is 4. The molecule has 0 fully saturated rings. The molecular formula is C15H17NO3. The van der Waals surface area contributed by atoms with E-state index >= 15 is 0 Å². The molecule has 1 aliphatic rings. The molecule has 0 saturated carbocycles. The van der Waals surface area contributed by atoms with Crippen molar-refractivity contribution in [3.63, 3.8) is 0 Å². The van der Waals surface area contributed by atoms with Crippen LogP contribution >= 0.6 is 0 Å². The lowest BCUT2D eigenvalue weighted by molar-refractivity contribution is -0.116. The van der Waals surface area contributed by atoms with Gasteiger partial charge >= 0.3 is 5.97 Å². The van der Waals surface area contributed by atoms with Gasteiger partial charge in [0.05, 0.1) is 11.3 Å². The fourth-order valence-electron chi connectivity index (χ4n) is 2.36. The second kappa shape index (κ2) is 5.69. The molecule has 0 spiro atoms. The zero-order chi connectivity index (χ0) is 13.8. The molecule has 4 nitrogen and oxygen atoms in total. The predicted octanol–water partition coefficient (Wildman–Crippen LogP) is 2.99. The van der Waals surface area contributed by atoms with Crippen molar-refractivity contribution in [2.75, 3.05) is 5.32 Å².